The number of aromatic nitrogens is 3. The Labute approximate surface area is 157 Å². The third kappa shape index (κ3) is 3.42. The van der Waals surface area contributed by atoms with Crippen molar-refractivity contribution in [2.75, 3.05) is 13.1 Å². The number of furan rings is 1. The minimum absolute atomic E-state index is 0.661. The molecule has 7 heteroatoms. The van der Waals surface area contributed by atoms with Crippen LogP contribution in [0.15, 0.2) is 44.6 Å². The van der Waals surface area contributed by atoms with Gasteiger partial charge in [0.1, 0.15) is 0 Å². The fourth-order valence-corrected chi connectivity index (χ4v) is 3.68. The van der Waals surface area contributed by atoms with E-state index in [9.17, 15) is 0 Å². The van der Waals surface area contributed by atoms with E-state index in [0.717, 1.165) is 61.9 Å². The van der Waals surface area contributed by atoms with Gasteiger partial charge in [0.2, 0.25) is 5.76 Å². The van der Waals surface area contributed by atoms with Crippen molar-refractivity contribution in [2.24, 2.45) is 4.99 Å². The van der Waals surface area contributed by atoms with Crippen LogP contribution in [-0.4, -0.2) is 38.8 Å². The van der Waals surface area contributed by atoms with Crippen molar-refractivity contribution in [3.8, 4) is 11.5 Å². The largest absolute Gasteiger partial charge is 0.461 e. The standard InChI is InChI=1S/C20H21N5O2/c1-2-7-21-17(4-1)20-22-11-14-12-25(8-6-16(14)23-20)13-15-10-19(27-24-15)18-5-3-9-26-18/h3,5,9-11H,1-2,4,6-8,12-13H2. The van der Waals surface area contributed by atoms with Crippen LogP contribution in [0.4, 0.5) is 0 Å². The first-order valence-corrected chi connectivity index (χ1v) is 9.45. The van der Waals surface area contributed by atoms with E-state index in [-0.39, 0.29) is 0 Å². The van der Waals surface area contributed by atoms with Crippen molar-refractivity contribution in [2.45, 2.75) is 38.8 Å². The number of rotatable bonds is 4. The SMILES string of the molecule is c1coc(-c2cc(CN3CCc4nc(C5=NCCCC5)ncc4C3)no2)c1. The van der Waals surface area contributed by atoms with Crippen LogP contribution in [0.2, 0.25) is 0 Å². The van der Waals surface area contributed by atoms with E-state index < -0.39 is 0 Å². The molecular formula is C20H21N5O2. The molecule has 0 unspecified atom stereocenters. The Hall–Kier alpha value is -2.80. The van der Waals surface area contributed by atoms with Gasteiger partial charge in [-0.05, 0) is 31.4 Å². The summed E-state index contributed by atoms with van der Waals surface area (Å²) in [7, 11) is 0. The van der Waals surface area contributed by atoms with E-state index in [0.29, 0.717) is 11.5 Å². The lowest BCUT2D eigenvalue weighted by molar-refractivity contribution is 0.235. The molecule has 2 aliphatic heterocycles. The van der Waals surface area contributed by atoms with Gasteiger partial charge in [0.05, 0.1) is 23.4 Å². The predicted molar refractivity (Wildman–Crippen MR) is 99.3 cm³/mol. The molecule has 5 rings (SSSR count). The molecule has 3 aromatic rings. The number of nitrogens with zero attached hydrogens (tertiary/aromatic N) is 5. The molecule has 0 aromatic carbocycles. The number of hydrogen-bond acceptors (Lipinski definition) is 7. The van der Waals surface area contributed by atoms with E-state index in [1.54, 1.807) is 6.26 Å². The van der Waals surface area contributed by atoms with E-state index in [1.807, 2.05) is 24.4 Å². The second kappa shape index (κ2) is 7.08. The molecule has 0 spiro atoms. The summed E-state index contributed by atoms with van der Waals surface area (Å²) in [6.45, 7) is 3.41. The van der Waals surface area contributed by atoms with Gasteiger partial charge in [-0.2, -0.15) is 0 Å². The Morgan fingerprint density at radius 1 is 1.15 bits per heavy atom. The van der Waals surface area contributed by atoms with Gasteiger partial charge in [-0.3, -0.25) is 9.89 Å². The first-order chi connectivity index (χ1) is 13.3. The zero-order valence-corrected chi connectivity index (χ0v) is 15.1. The van der Waals surface area contributed by atoms with E-state index in [4.69, 9.17) is 13.9 Å². The quantitative estimate of drug-likeness (QED) is 0.708. The van der Waals surface area contributed by atoms with Crippen LogP contribution in [-0.2, 0) is 19.5 Å². The molecule has 138 valence electrons. The summed E-state index contributed by atoms with van der Waals surface area (Å²) in [5.41, 5.74) is 4.32. The molecule has 27 heavy (non-hydrogen) atoms. The Balaban J connectivity index is 1.28. The van der Waals surface area contributed by atoms with Crippen LogP contribution in [0, 0.1) is 0 Å². The van der Waals surface area contributed by atoms with Gasteiger partial charge in [0, 0.05) is 50.4 Å². The second-order valence-electron chi connectivity index (χ2n) is 7.07. The Bertz CT molecular complexity index is 961. The molecule has 0 atom stereocenters. The summed E-state index contributed by atoms with van der Waals surface area (Å²) >= 11 is 0. The van der Waals surface area contributed by atoms with Crippen molar-refractivity contribution in [1.29, 1.82) is 0 Å². The normalized spacial score (nSPS) is 17.6. The van der Waals surface area contributed by atoms with Crippen molar-refractivity contribution in [3.05, 3.63) is 53.4 Å². The first kappa shape index (κ1) is 16.4. The van der Waals surface area contributed by atoms with Crippen LogP contribution in [0.25, 0.3) is 11.5 Å². The molecule has 0 fully saturated rings. The molecule has 0 N–H and O–H groups in total. The minimum atomic E-state index is 0.661. The molecule has 2 aliphatic rings. The third-order valence-corrected chi connectivity index (χ3v) is 5.10. The highest BCUT2D eigenvalue weighted by molar-refractivity contribution is 5.97. The van der Waals surface area contributed by atoms with E-state index in [2.05, 4.69) is 20.0 Å². The molecule has 0 amide bonds. The average molecular weight is 363 g/mol. The molecule has 0 saturated heterocycles. The Morgan fingerprint density at radius 3 is 3.00 bits per heavy atom. The van der Waals surface area contributed by atoms with Gasteiger partial charge < -0.3 is 8.94 Å². The van der Waals surface area contributed by atoms with Crippen LogP contribution < -0.4 is 0 Å². The van der Waals surface area contributed by atoms with E-state index >= 15 is 0 Å². The van der Waals surface area contributed by atoms with E-state index in [1.165, 1.54) is 18.4 Å². The van der Waals surface area contributed by atoms with Crippen LogP contribution in [0.1, 0.15) is 42.0 Å². The summed E-state index contributed by atoms with van der Waals surface area (Å²) in [6, 6.07) is 5.65. The van der Waals surface area contributed by atoms with Crippen molar-refractivity contribution < 1.29 is 8.94 Å². The fourth-order valence-electron chi connectivity index (χ4n) is 3.68. The Morgan fingerprint density at radius 2 is 2.15 bits per heavy atom. The summed E-state index contributed by atoms with van der Waals surface area (Å²) in [5, 5.41) is 4.17. The minimum Gasteiger partial charge on any atom is -0.461 e. The molecule has 5 heterocycles. The van der Waals surface area contributed by atoms with Crippen LogP contribution >= 0.6 is 0 Å². The molecule has 7 nitrogen and oxygen atoms in total. The fraction of sp³-hybridized carbons (Fsp3) is 0.400. The molecule has 3 aromatic heterocycles. The van der Waals surface area contributed by atoms with Crippen LogP contribution in [0.3, 0.4) is 0 Å². The number of fused-ring (bicyclic) bond motifs is 1. The van der Waals surface area contributed by atoms with Gasteiger partial charge in [-0.1, -0.05) is 5.16 Å². The van der Waals surface area contributed by atoms with Crippen molar-refractivity contribution in [3.63, 3.8) is 0 Å². The predicted octanol–water partition coefficient (Wildman–Crippen LogP) is 3.26. The highest BCUT2D eigenvalue weighted by Gasteiger charge is 2.21. The van der Waals surface area contributed by atoms with Gasteiger partial charge >= 0.3 is 0 Å². The zero-order valence-electron chi connectivity index (χ0n) is 15.1. The molecule has 0 bridgehead atoms. The van der Waals surface area contributed by atoms with Crippen molar-refractivity contribution >= 4 is 5.71 Å². The monoisotopic (exact) mass is 363 g/mol. The lowest BCUT2D eigenvalue weighted by atomic mass is 10.1. The first-order valence-electron chi connectivity index (χ1n) is 9.45. The summed E-state index contributed by atoms with van der Waals surface area (Å²) in [4.78, 5) is 16.3. The summed E-state index contributed by atoms with van der Waals surface area (Å²) in [5.74, 6) is 2.18. The molecular weight excluding hydrogens is 342 g/mol. The maximum Gasteiger partial charge on any atom is 0.202 e. The summed E-state index contributed by atoms with van der Waals surface area (Å²) < 4.78 is 10.8. The molecule has 0 aliphatic carbocycles. The maximum atomic E-state index is 5.39. The van der Waals surface area contributed by atoms with Gasteiger partial charge in [0.15, 0.2) is 11.6 Å². The van der Waals surface area contributed by atoms with Gasteiger partial charge in [0.25, 0.3) is 0 Å². The Kier molecular flexibility index (Phi) is 4.29. The number of hydrogen-bond donors (Lipinski definition) is 0. The molecule has 0 radical (unpaired) electrons. The average Bonchev–Trinajstić information content (AvgIpc) is 3.40. The highest BCUT2D eigenvalue weighted by Crippen LogP contribution is 2.23. The van der Waals surface area contributed by atoms with Crippen LogP contribution in [0.5, 0.6) is 0 Å². The lowest BCUT2D eigenvalue weighted by Gasteiger charge is -2.27. The molecule has 0 saturated carbocycles. The lowest BCUT2D eigenvalue weighted by Crippen LogP contribution is -2.31. The second-order valence-corrected chi connectivity index (χ2v) is 7.07. The van der Waals surface area contributed by atoms with Gasteiger partial charge in [-0.15, -0.1) is 0 Å². The van der Waals surface area contributed by atoms with Crippen molar-refractivity contribution in [1.82, 2.24) is 20.0 Å². The topological polar surface area (TPSA) is 80.5 Å². The number of aliphatic imine (C=N–C) groups is 1. The zero-order chi connectivity index (χ0) is 18.1. The third-order valence-electron chi connectivity index (χ3n) is 5.10. The maximum absolute atomic E-state index is 5.39. The highest BCUT2D eigenvalue weighted by atomic mass is 16.5. The van der Waals surface area contributed by atoms with Gasteiger partial charge in [-0.25, -0.2) is 9.97 Å². The summed E-state index contributed by atoms with van der Waals surface area (Å²) in [6.07, 6.45) is 7.87. The smallest absolute Gasteiger partial charge is 0.202 e.